The lowest BCUT2D eigenvalue weighted by atomic mass is 9.96. The average Bonchev–Trinajstić information content (AvgIpc) is 2.84. The van der Waals surface area contributed by atoms with Gasteiger partial charge in [-0.25, -0.2) is 0 Å². The molecule has 172 valence electrons. The summed E-state index contributed by atoms with van der Waals surface area (Å²) in [5, 5.41) is 3.22. The molecule has 2 fully saturated rings. The van der Waals surface area contributed by atoms with Crippen LogP contribution in [-0.2, 0) is 17.9 Å². The molecule has 0 saturated carbocycles. The number of hydrogen-bond donors (Lipinski definition) is 1. The van der Waals surface area contributed by atoms with Gasteiger partial charge in [0.05, 0.1) is 5.92 Å². The van der Waals surface area contributed by atoms with E-state index >= 15 is 0 Å². The molecule has 0 bridgehead atoms. The topological polar surface area (TPSA) is 38.8 Å². The number of amides is 1. The van der Waals surface area contributed by atoms with Crippen molar-refractivity contribution < 1.29 is 4.79 Å². The number of rotatable bonds is 9. The van der Waals surface area contributed by atoms with Crippen molar-refractivity contribution in [1.29, 1.82) is 0 Å². The minimum Gasteiger partial charge on any atom is -0.356 e. The molecule has 1 unspecified atom stereocenters. The third-order valence-electron chi connectivity index (χ3n) is 6.79. The van der Waals surface area contributed by atoms with Crippen LogP contribution >= 0.6 is 0 Å². The van der Waals surface area contributed by atoms with E-state index < -0.39 is 0 Å². The van der Waals surface area contributed by atoms with Gasteiger partial charge in [0.1, 0.15) is 0 Å². The number of benzene rings is 2. The molecule has 2 aromatic carbocycles. The molecule has 2 aliphatic rings. The van der Waals surface area contributed by atoms with E-state index in [0.29, 0.717) is 0 Å². The van der Waals surface area contributed by atoms with Crippen LogP contribution in [0.2, 0.25) is 0 Å². The fourth-order valence-electron chi connectivity index (χ4n) is 4.93. The average molecular weight is 435 g/mol. The van der Waals surface area contributed by atoms with E-state index in [4.69, 9.17) is 0 Å². The molecule has 0 radical (unpaired) electrons. The van der Waals surface area contributed by atoms with Crippen LogP contribution in [0, 0.1) is 5.92 Å². The summed E-state index contributed by atoms with van der Waals surface area (Å²) in [5.74, 6) is 0.379. The molecule has 2 saturated heterocycles. The van der Waals surface area contributed by atoms with Gasteiger partial charge in [-0.3, -0.25) is 14.6 Å². The van der Waals surface area contributed by atoms with E-state index in [1.165, 1.54) is 11.1 Å². The fraction of sp³-hybridized carbons (Fsp3) is 0.519. The van der Waals surface area contributed by atoms with Crippen LogP contribution < -0.4 is 5.32 Å². The Kier molecular flexibility index (Phi) is 8.71. The van der Waals surface area contributed by atoms with Crippen LogP contribution in [0.5, 0.6) is 0 Å². The van der Waals surface area contributed by atoms with Crippen LogP contribution in [-0.4, -0.2) is 73.0 Å². The van der Waals surface area contributed by atoms with Crippen LogP contribution in [0.3, 0.4) is 0 Å². The Morgan fingerprint density at radius 2 is 1.38 bits per heavy atom. The summed E-state index contributed by atoms with van der Waals surface area (Å²) in [6.07, 6.45) is 3.16. The monoisotopic (exact) mass is 434 g/mol. The second kappa shape index (κ2) is 12.1. The van der Waals surface area contributed by atoms with Gasteiger partial charge in [0, 0.05) is 52.4 Å². The zero-order valence-electron chi connectivity index (χ0n) is 19.3. The molecule has 5 heteroatoms. The Bertz CT molecular complexity index is 805. The third kappa shape index (κ3) is 7.16. The van der Waals surface area contributed by atoms with Crippen LogP contribution in [0.4, 0.5) is 0 Å². The number of hydrogen-bond acceptors (Lipinski definition) is 4. The van der Waals surface area contributed by atoms with Crippen molar-refractivity contribution >= 4 is 5.91 Å². The molecule has 0 aliphatic carbocycles. The molecule has 0 aromatic heterocycles. The highest BCUT2D eigenvalue weighted by molar-refractivity contribution is 5.78. The van der Waals surface area contributed by atoms with Gasteiger partial charge < -0.3 is 10.2 Å². The van der Waals surface area contributed by atoms with Gasteiger partial charge in [0.25, 0.3) is 0 Å². The first-order chi connectivity index (χ1) is 15.8. The van der Waals surface area contributed by atoms with E-state index in [9.17, 15) is 4.79 Å². The maximum absolute atomic E-state index is 12.7. The minimum atomic E-state index is 0.133. The highest BCUT2D eigenvalue weighted by Gasteiger charge is 2.25. The zero-order valence-corrected chi connectivity index (χ0v) is 19.3. The number of likely N-dealkylation sites (tertiary alicyclic amines) is 1. The molecular weight excluding hydrogens is 396 g/mol. The number of nitrogens with zero attached hydrogens (tertiary/aromatic N) is 3. The summed E-state index contributed by atoms with van der Waals surface area (Å²) in [7, 11) is 0. The van der Waals surface area contributed by atoms with Crippen LogP contribution in [0.1, 0.15) is 30.4 Å². The number of nitrogens with one attached hydrogen (secondary N) is 1. The molecule has 1 atom stereocenters. The van der Waals surface area contributed by atoms with E-state index in [1.807, 2.05) is 0 Å². The Hall–Kier alpha value is -2.21. The molecule has 1 amide bonds. The Labute approximate surface area is 193 Å². The first kappa shape index (κ1) is 23.0. The van der Waals surface area contributed by atoms with Crippen LogP contribution in [0.25, 0.3) is 0 Å². The Morgan fingerprint density at radius 3 is 2.03 bits per heavy atom. The molecule has 1 N–H and O–H groups in total. The van der Waals surface area contributed by atoms with Gasteiger partial charge in [-0.1, -0.05) is 60.7 Å². The summed E-state index contributed by atoms with van der Waals surface area (Å²) in [6, 6.07) is 21.3. The third-order valence-corrected chi connectivity index (χ3v) is 6.79. The van der Waals surface area contributed by atoms with Gasteiger partial charge in [-0.05, 0) is 43.5 Å². The number of piperidine rings is 1. The largest absolute Gasteiger partial charge is 0.356 e. The first-order valence-corrected chi connectivity index (χ1v) is 12.3. The molecule has 2 aromatic rings. The molecule has 2 aliphatic heterocycles. The van der Waals surface area contributed by atoms with Crippen molar-refractivity contribution in [2.45, 2.75) is 32.4 Å². The molecular formula is C27H38N4O. The lowest BCUT2D eigenvalue weighted by Gasteiger charge is -2.35. The number of carbonyl (C=O) groups excluding carboxylic acids is 1. The van der Waals surface area contributed by atoms with Crippen molar-refractivity contribution in [1.82, 2.24) is 20.0 Å². The second-order valence-electron chi connectivity index (χ2n) is 9.31. The van der Waals surface area contributed by atoms with Crippen molar-refractivity contribution in [2.24, 2.45) is 5.92 Å². The van der Waals surface area contributed by atoms with Gasteiger partial charge in [0.2, 0.25) is 5.91 Å². The van der Waals surface area contributed by atoms with Crippen LogP contribution in [0.15, 0.2) is 60.7 Å². The van der Waals surface area contributed by atoms with Crippen molar-refractivity contribution in [3.8, 4) is 0 Å². The zero-order chi connectivity index (χ0) is 22.0. The lowest BCUT2D eigenvalue weighted by Crippen LogP contribution is -2.47. The minimum absolute atomic E-state index is 0.133. The smallest absolute Gasteiger partial charge is 0.224 e. The molecule has 2 heterocycles. The second-order valence-corrected chi connectivity index (χ2v) is 9.31. The van der Waals surface area contributed by atoms with Gasteiger partial charge >= 0.3 is 0 Å². The Balaban J connectivity index is 1.09. The molecule has 5 nitrogen and oxygen atoms in total. The van der Waals surface area contributed by atoms with Crippen molar-refractivity contribution in [3.05, 3.63) is 71.8 Å². The quantitative estimate of drug-likeness (QED) is 0.615. The predicted molar refractivity (Wildman–Crippen MR) is 130 cm³/mol. The first-order valence-electron chi connectivity index (χ1n) is 12.3. The van der Waals surface area contributed by atoms with E-state index in [2.05, 4.69) is 80.7 Å². The van der Waals surface area contributed by atoms with Gasteiger partial charge in [-0.15, -0.1) is 0 Å². The van der Waals surface area contributed by atoms with Gasteiger partial charge in [0.15, 0.2) is 0 Å². The fourth-order valence-corrected chi connectivity index (χ4v) is 4.93. The van der Waals surface area contributed by atoms with Crippen molar-refractivity contribution in [2.75, 3.05) is 52.4 Å². The maximum Gasteiger partial charge on any atom is 0.224 e. The lowest BCUT2D eigenvalue weighted by molar-refractivity contribution is -0.126. The van der Waals surface area contributed by atoms with E-state index in [0.717, 1.165) is 84.7 Å². The summed E-state index contributed by atoms with van der Waals surface area (Å²) >= 11 is 0. The highest BCUT2D eigenvalue weighted by atomic mass is 16.1. The van der Waals surface area contributed by atoms with E-state index in [-0.39, 0.29) is 11.8 Å². The summed E-state index contributed by atoms with van der Waals surface area (Å²) in [6.45, 7) is 10.3. The molecule has 0 spiro atoms. The summed E-state index contributed by atoms with van der Waals surface area (Å²) in [4.78, 5) is 20.2. The van der Waals surface area contributed by atoms with E-state index in [1.54, 1.807) is 0 Å². The maximum atomic E-state index is 12.7. The Morgan fingerprint density at radius 1 is 0.781 bits per heavy atom. The summed E-state index contributed by atoms with van der Waals surface area (Å²) in [5.41, 5.74) is 2.73. The highest BCUT2D eigenvalue weighted by Crippen LogP contribution is 2.19. The summed E-state index contributed by atoms with van der Waals surface area (Å²) < 4.78 is 0. The standard InChI is InChI=1S/C27H38N4O/c32-27(26-13-7-15-31(23-26)22-25-11-5-2-6-12-25)28-14-8-16-29-17-19-30(20-18-29)21-24-9-3-1-4-10-24/h1-6,9-12,26H,7-8,13-23H2,(H,28,32). The SMILES string of the molecule is O=C(NCCCN1CCN(Cc2ccccc2)CC1)C1CCCN(Cc2ccccc2)C1. The number of piperazine rings is 1. The van der Waals surface area contributed by atoms with Crippen molar-refractivity contribution in [3.63, 3.8) is 0 Å². The predicted octanol–water partition coefficient (Wildman–Crippen LogP) is 3.22. The van der Waals surface area contributed by atoms with Gasteiger partial charge in [-0.2, -0.15) is 0 Å². The molecule has 32 heavy (non-hydrogen) atoms. The number of carbonyl (C=O) groups is 1. The normalized spacial score (nSPS) is 20.8. The molecule has 4 rings (SSSR count).